The minimum absolute atomic E-state index is 0.159. The summed E-state index contributed by atoms with van der Waals surface area (Å²) in [6.07, 6.45) is 4.76. The highest BCUT2D eigenvalue weighted by atomic mass is 32.2. The van der Waals surface area contributed by atoms with Crippen molar-refractivity contribution < 1.29 is 17.7 Å². The van der Waals surface area contributed by atoms with Crippen LogP contribution in [0.2, 0.25) is 0 Å². The van der Waals surface area contributed by atoms with E-state index in [2.05, 4.69) is 9.88 Å². The number of hydrogen-bond donors (Lipinski definition) is 1. The molecule has 2 aromatic rings. The van der Waals surface area contributed by atoms with Crippen molar-refractivity contribution in [3.8, 4) is 5.75 Å². The van der Waals surface area contributed by atoms with Crippen molar-refractivity contribution in [3.05, 3.63) is 36.1 Å². The molecular formula is C15H18N2O4S. The van der Waals surface area contributed by atoms with Crippen molar-refractivity contribution in [3.63, 3.8) is 0 Å². The van der Waals surface area contributed by atoms with Gasteiger partial charge < -0.3 is 9.26 Å². The molecule has 0 unspecified atom stereocenters. The Morgan fingerprint density at radius 3 is 2.50 bits per heavy atom. The van der Waals surface area contributed by atoms with E-state index in [1.54, 1.807) is 19.1 Å². The second kappa shape index (κ2) is 6.00. The third-order valence-electron chi connectivity index (χ3n) is 3.61. The third kappa shape index (κ3) is 3.41. The number of nitrogens with zero attached hydrogens (tertiary/aromatic N) is 1. The molecule has 0 bridgehead atoms. The molecule has 0 radical (unpaired) electrons. The molecule has 1 heterocycles. The summed E-state index contributed by atoms with van der Waals surface area (Å²) in [5.74, 6) is 1.41. The van der Waals surface area contributed by atoms with Crippen molar-refractivity contribution in [1.29, 1.82) is 0 Å². The summed E-state index contributed by atoms with van der Waals surface area (Å²) in [5.41, 5.74) is 0. The van der Waals surface area contributed by atoms with Gasteiger partial charge in [0.25, 0.3) is 10.0 Å². The molecule has 22 heavy (non-hydrogen) atoms. The molecule has 1 saturated carbocycles. The molecule has 1 aliphatic rings. The molecule has 0 spiro atoms. The first-order valence-corrected chi connectivity index (χ1v) is 8.74. The van der Waals surface area contributed by atoms with Crippen molar-refractivity contribution in [2.24, 2.45) is 0 Å². The van der Waals surface area contributed by atoms with Crippen LogP contribution in [0.3, 0.4) is 0 Å². The van der Waals surface area contributed by atoms with Crippen molar-refractivity contribution in [2.75, 3.05) is 4.72 Å². The van der Waals surface area contributed by atoms with Crippen molar-refractivity contribution >= 4 is 15.8 Å². The van der Waals surface area contributed by atoms with Gasteiger partial charge in [-0.05, 0) is 56.9 Å². The van der Waals surface area contributed by atoms with Crippen LogP contribution in [0.1, 0.15) is 31.4 Å². The zero-order valence-corrected chi connectivity index (χ0v) is 13.1. The minimum atomic E-state index is -3.67. The summed E-state index contributed by atoms with van der Waals surface area (Å²) in [7, 11) is -3.67. The summed E-state index contributed by atoms with van der Waals surface area (Å²) in [4.78, 5) is 0.159. The van der Waals surface area contributed by atoms with Crippen LogP contribution in [0.4, 0.5) is 5.82 Å². The molecule has 0 atom stereocenters. The van der Waals surface area contributed by atoms with Crippen LogP contribution in [-0.4, -0.2) is 19.7 Å². The van der Waals surface area contributed by atoms with Crippen LogP contribution in [0.25, 0.3) is 0 Å². The topological polar surface area (TPSA) is 81.4 Å². The maximum Gasteiger partial charge on any atom is 0.263 e. The molecule has 0 amide bonds. The summed E-state index contributed by atoms with van der Waals surface area (Å²) in [5, 5.41) is 3.62. The fourth-order valence-electron chi connectivity index (χ4n) is 2.51. The van der Waals surface area contributed by atoms with Crippen molar-refractivity contribution in [2.45, 2.75) is 43.6 Å². The summed E-state index contributed by atoms with van der Waals surface area (Å²) < 4.78 is 37.5. The fraction of sp³-hybridized carbons (Fsp3) is 0.400. The summed E-state index contributed by atoms with van der Waals surface area (Å²) in [6, 6.07) is 7.94. The molecule has 1 aromatic carbocycles. The highest BCUT2D eigenvalue weighted by Crippen LogP contribution is 2.25. The molecule has 1 aromatic heterocycles. The average Bonchev–Trinajstić information content (AvgIpc) is 3.11. The maximum atomic E-state index is 12.2. The normalized spacial score (nSPS) is 15.9. The highest BCUT2D eigenvalue weighted by molar-refractivity contribution is 7.92. The van der Waals surface area contributed by atoms with E-state index in [9.17, 15) is 8.42 Å². The Morgan fingerprint density at radius 1 is 1.23 bits per heavy atom. The predicted molar refractivity (Wildman–Crippen MR) is 81.4 cm³/mol. The Hall–Kier alpha value is -2.02. The second-order valence-corrected chi connectivity index (χ2v) is 7.11. The van der Waals surface area contributed by atoms with Gasteiger partial charge in [-0.25, -0.2) is 8.42 Å². The van der Waals surface area contributed by atoms with Gasteiger partial charge in [-0.15, -0.1) is 0 Å². The molecule has 118 valence electrons. The lowest BCUT2D eigenvalue weighted by Crippen LogP contribution is -2.14. The monoisotopic (exact) mass is 322 g/mol. The smallest absolute Gasteiger partial charge is 0.263 e. The van der Waals surface area contributed by atoms with Crippen molar-refractivity contribution in [1.82, 2.24) is 5.16 Å². The molecule has 0 saturated heterocycles. The third-order valence-corrected chi connectivity index (χ3v) is 4.98. The van der Waals surface area contributed by atoms with Crippen LogP contribution in [0.5, 0.6) is 5.75 Å². The number of aromatic nitrogens is 1. The predicted octanol–water partition coefficient (Wildman–Crippen LogP) is 3.11. The van der Waals surface area contributed by atoms with Crippen LogP contribution < -0.4 is 9.46 Å². The number of anilines is 1. The quantitative estimate of drug-likeness (QED) is 0.914. The first kappa shape index (κ1) is 14.9. The van der Waals surface area contributed by atoms with E-state index < -0.39 is 10.0 Å². The molecule has 1 aliphatic carbocycles. The number of benzene rings is 1. The van der Waals surface area contributed by atoms with E-state index >= 15 is 0 Å². The Balaban J connectivity index is 1.70. The SMILES string of the molecule is Cc1cc(NS(=O)(=O)c2ccc(OC3CCCC3)cc2)no1. The zero-order valence-electron chi connectivity index (χ0n) is 12.3. The van der Waals surface area contributed by atoms with E-state index in [0.717, 1.165) is 12.8 Å². The number of hydrogen-bond acceptors (Lipinski definition) is 5. The number of rotatable bonds is 5. The van der Waals surface area contributed by atoms with E-state index in [-0.39, 0.29) is 16.8 Å². The number of ether oxygens (including phenoxy) is 1. The summed E-state index contributed by atoms with van der Waals surface area (Å²) in [6.45, 7) is 1.69. The van der Waals surface area contributed by atoms with Crippen LogP contribution in [0, 0.1) is 6.92 Å². The average molecular weight is 322 g/mol. The lowest BCUT2D eigenvalue weighted by molar-refractivity contribution is 0.210. The lowest BCUT2D eigenvalue weighted by Gasteiger charge is -2.13. The van der Waals surface area contributed by atoms with Crippen LogP contribution in [-0.2, 0) is 10.0 Å². The van der Waals surface area contributed by atoms with Gasteiger partial charge in [-0.2, -0.15) is 0 Å². The Bertz CT molecular complexity index is 731. The lowest BCUT2D eigenvalue weighted by atomic mass is 10.3. The van der Waals surface area contributed by atoms with Gasteiger partial charge in [-0.3, -0.25) is 4.72 Å². The van der Waals surface area contributed by atoms with Gasteiger partial charge in [-0.1, -0.05) is 5.16 Å². The summed E-state index contributed by atoms with van der Waals surface area (Å²) >= 11 is 0. The van der Waals surface area contributed by atoms with Gasteiger partial charge in [0, 0.05) is 6.07 Å². The molecule has 3 rings (SSSR count). The number of nitrogens with one attached hydrogen (secondary N) is 1. The van der Waals surface area contributed by atoms with Crippen LogP contribution >= 0.6 is 0 Å². The van der Waals surface area contributed by atoms with Gasteiger partial charge in [0.2, 0.25) is 0 Å². The number of aryl methyl sites for hydroxylation is 1. The molecule has 1 fully saturated rings. The van der Waals surface area contributed by atoms with E-state index in [0.29, 0.717) is 11.5 Å². The molecule has 7 heteroatoms. The Morgan fingerprint density at radius 2 is 1.91 bits per heavy atom. The molecule has 6 nitrogen and oxygen atoms in total. The van der Waals surface area contributed by atoms with Gasteiger partial charge in [0.1, 0.15) is 11.5 Å². The molecule has 1 N–H and O–H groups in total. The first-order chi connectivity index (χ1) is 10.5. The maximum absolute atomic E-state index is 12.2. The highest BCUT2D eigenvalue weighted by Gasteiger charge is 2.18. The second-order valence-electron chi connectivity index (χ2n) is 5.42. The fourth-order valence-corrected chi connectivity index (χ4v) is 3.49. The molecule has 0 aliphatic heterocycles. The number of sulfonamides is 1. The first-order valence-electron chi connectivity index (χ1n) is 7.26. The zero-order chi connectivity index (χ0) is 15.6. The van der Waals surface area contributed by atoms with E-state index in [4.69, 9.17) is 9.26 Å². The Labute approximate surface area is 129 Å². The largest absolute Gasteiger partial charge is 0.490 e. The van der Waals surface area contributed by atoms with Crippen LogP contribution in [0.15, 0.2) is 39.8 Å². The van der Waals surface area contributed by atoms with Gasteiger partial charge >= 0.3 is 0 Å². The van der Waals surface area contributed by atoms with E-state index in [1.165, 1.54) is 31.0 Å². The van der Waals surface area contributed by atoms with E-state index in [1.807, 2.05) is 0 Å². The molecular weight excluding hydrogens is 304 g/mol. The standard InChI is InChI=1S/C15H18N2O4S/c1-11-10-15(16-21-11)17-22(18,19)14-8-6-13(7-9-14)20-12-4-2-3-5-12/h6-10,12H,2-5H2,1H3,(H,16,17). The van der Waals surface area contributed by atoms with Gasteiger partial charge in [0.05, 0.1) is 11.0 Å². The Kier molecular flexibility index (Phi) is 4.06. The minimum Gasteiger partial charge on any atom is -0.490 e. The van der Waals surface area contributed by atoms with Gasteiger partial charge in [0.15, 0.2) is 5.82 Å².